The van der Waals surface area contributed by atoms with Gasteiger partial charge in [0.15, 0.2) is 4.80 Å². The summed E-state index contributed by atoms with van der Waals surface area (Å²) in [5.41, 5.74) is 1.47. The van der Waals surface area contributed by atoms with Crippen LogP contribution in [0, 0.1) is 10.1 Å². The van der Waals surface area contributed by atoms with Crippen LogP contribution in [0.5, 0.6) is 11.5 Å². The standard InChI is InChI=1S/C29H25N3O8S/c1-5-39-28(34)25-16(2)30-29-31(26(25)21-12-10-19(37-3)14-23(21)38-4)27(33)24(41-29)15-20-11-13-22(40-20)17-6-8-18(9-7-17)32(35)36/h6-15,26H,5H2,1-4H3/b24-15-/t26-/m1/s1. The van der Waals surface area contributed by atoms with E-state index in [9.17, 15) is 19.7 Å². The minimum atomic E-state index is -0.861. The number of esters is 1. The number of allylic oxidation sites excluding steroid dienone is 1. The van der Waals surface area contributed by atoms with E-state index in [0.29, 0.717) is 49.2 Å². The van der Waals surface area contributed by atoms with E-state index in [1.165, 1.54) is 30.9 Å². The maximum atomic E-state index is 13.9. The van der Waals surface area contributed by atoms with Crippen LogP contribution in [0.25, 0.3) is 17.4 Å². The highest BCUT2D eigenvalue weighted by Crippen LogP contribution is 2.37. The number of nitro benzene ring substituents is 1. The number of fused-ring (bicyclic) bond motifs is 1. The van der Waals surface area contributed by atoms with Crippen LogP contribution in [-0.2, 0) is 9.53 Å². The molecule has 1 aliphatic heterocycles. The van der Waals surface area contributed by atoms with Crippen LogP contribution < -0.4 is 24.4 Å². The van der Waals surface area contributed by atoms with Crippen molar-refractivity contribution in [1.29, 1.82) is 0 Å². The fourth-order valence-electron chi connectivity index (χ4n) is 4.59. The summed E-state index contributed by atoms with van der Waals surface area (Å²) in [6.07, 6.45) is 1.60. The highest BCUT2D eigenvalue weighted by Gasteiger charge is 2.35. The van der Waals surface area contributed by atoms with Crippen molar-refractivity contribution >= 4 is 29.1 Å². The summed E-state index contributed by atoms with van der Waals surface area (Å²) in [6.45, 7) is 3.57. The molecule has 2 aromatic heterocycles. The first-order valence-electron chi connectivity index (χ1n) is 12.5. The normalized spacial score (nSPS) is 14.8. The summed E-state index contributed by atoms with van der Waals surface area (Å²) < 4.78 is 24.0. The first-order valence-corrected chi connectivity index (χ1v) is 13.3. The summed E-state index contributed by atoms with van der Waals surface area (Å²) in [7, 11) is 3.04. The number of ether oxygens (including phenoxy) is 3. The van der Waals surface area contributed by atoms with E-state index in [4.69, 9.17) is 18.6 Å². The van der Waals surface area contributed by atoms with Crippen LogP contribution in [0.1, 0.15) is 31.2 Å². The van der Waals surface area contributed by atoms with Gasteiger partial charge in [0, 0.05) is 35.4 Å². The molecule has 0 spiro atoms. The number of rotatable bonds is 8. The molecule has 5 rings (SSSR count). The van der Waals surface area contributed by atoms with Gasteiger partial charge in [-0.3, -0.25) is 19.5 Å². The Balaban J connectivity index is 1.63. The first kappa shape index (κ1) is 27.6. The fraction of sp³-hybridized carbons (Fsp3) is 0.207. The maximum absolute atomic E-state index is 13.9. The molecule has 2 aromatic carbocycles. The maximum Gasteiger partial charge on any atom is 0.338 e. The van der Waals surface area contributed by atoms with Gasteiger partial charge < -0.3 is 18.6 Å². The average molecular weight is 576 g/mol. The largest absolute Gasteiger partial charge is 0.497 e. The second kappa shape index (κ2) is 11.3. The molecule has 0 N–H and O–H groups in total. The third-order valence-corrected chi connectivity index (χ3v) is 7.50. The molecule has 0 amide bonds. The highest BCUT2D eigenvalue weighted by molar-refractivity contribution is 7.07. The Hall–Kier alpha value is -4.97. The molecule has 0 saturated heterocycles. The molecule has 0 saturated carbocycles. The molecule has 0 aliphatic carbocycles. The lowest BCUT2D eigenvalue weighted by Gasteiger charge is -2.26. The number of carbonyl (C=O) groups excluding carboxylic acids is 1. The Kier molecular flexibility index (Phi) is 7.58. The first-order chi connectivity index (χ1) is 19.7. The number of aromatic nitrogens is 1. The highest BCUT2D eigenvalue weighted by atomic mass is 32.1. The molecule has 12 heteroatoms. The smallest absolute Gasteiger partial charge is 0.338 e. The summed E-state index contributed by atoms with van der Waals surface area (Å²) in [5.74, 6) is 1.30. The van der Waals surface area contributed by atoms with E-state index in [1.54, 1.807) is 62.4 Å². The van der Waals surface area contributed by atoms with Gasteiger partial charge in [0.25, 0.3) is 11.2 Å². The van der Waals surface area contributed by atoms with Gasteiger partial charge in [-0.1, -0.05) is 11.3 Å². The predicted molar refractivity (Wildman–Crippen MR) is 151 cm³/mol. The minimum absolute atomic E-state index is 0.0258. The second-order valence-electron chi connectivity index (χ2n) is 8.92. The molecule has 0 bridgehead atoms. The summed E-state index contributed by atoms with van der Waals surface area (Å²) in [4.78, 5) is 42.5. The quantitative estimate of drug-likeness (QED) is 0.175. The number of hydrogen-bond acceptors (Lipinski definition) is 10. The van der Waals surface area contributed by atoms with E-state index >= 15 is 0 Å². The molecule has 0 fully saturated rings. The van der Waals surface area contributed by atoms with E-state index in [-0.39, 0.29) is 23.4 Å². The van der Waals surface area contributed by atoms with Crippen molar-refractivity contribution in [2.24, 2.45) is 4.99 Å². The van der Waals surface area contributed by atoms with Gasteiger partial charge in [-0.15, -0.1) is 0 Å². The van der Waals surface area contributed by atoms with Gasteiger partial charge in [-0.25, -0.2) is 9.79 Å². The number of nitro groups is 1. The van der Waals surface area contributed by atoms with Crippen molar-refractivity contribution in [2.45, 2.75) is 19.9 Å². The van der Waals surface area contributed by atoms with Crippen LogP contribution in [-0.4, -0.2) is 36.3 Å². The number of non-ortho nitro benzene ring substituents is 1. The van der Waals surface area contributed by atoms with Crippen LogP contribution in [0.4, 0.5) is 5.69 Å². The second-order valence-corrected chi connectivity index (χ2v) is 9.93. The third-order valence-electron chi connectivity index (χ3n) is 6.52. The van der Waals surface area contributed by atoms with E-state index in [0.717, 1.165) is 11.3 Å². The Morgan fingerprint density at radius 1 is 1.15 bits per heavy atom. The Morgan fingerprint density at radius 2 is 1.90 bits per heavy atom. The van der Waals surface area contributed by atoms with Crippen molar-refractivity contribution < 1.29 is 28.3 Å². The Bertz CT molecular complexity index is 1860. The Morgan fingerprint density at radius 3 is 2.56 bits per heavy atom. The van der Waals surface area contributed by atoms with Gasteiger partial charge in [0.2, 0.25) is 0 Å². The van der Waals surface area contributed by atoms with E-state index in [1.807, 2.05) is 0 Å². The zero-order chi connectivity index (χ0) is 29.3. The number of benzene rings is 2. The molecule has 41 heavy (non-hydrogen) atoms. The molecule has 210 valence electrons. The molecular weight excluding hydrogens is 550 g/mol. The zero-order valence-electron chi connectivity index (χ0n) is 22.6. The van der Waals surface area contributed by atoms with Crippen molar-refractivity contribution in [3.63, 3.8) is 0 Å². The molecule has 4 aromatic rings. The van der Waals surface area contributed by atoms with Gasteiger partial charge in [0.1, 0.15) is 29.1 Å². The van der Waals surface area contributed by atoms with Gasteiger partial charge in [0.05, 0.1) is 41.6 Å². The summed E-state index contributed by atoms with van der Waals surface area (Å²) >= 11 is 1.16. The number of nitrogens with zero attached hydrogens (tertiary/aromatic N) is 3. The molecule has 1 atom stereocenters. The van der Waals surface area contributed by atoms with Gasteiger partial charge in [-0.05, 0) is 50.2 Å². The average Bonchev–Trinajstić information content (AvgIpc) is 3.56. The van der Waals surface area contributed by atoms with Crippen molar-refractivity contribution in [2.75, 3.05) is 20.8 Å². The zero-order valence-corrected chi connectivity index (χ0v) is 23.4. The summed E-state index contributed by atoms with van der Waals surface area (Å²) in [6, 6.07) is 13.7. The van der Waals surface area contributed by atoms with Crippen LogP contribution in [0.15, 0.2) is 80.1 Å². The topological polar surface area (TPSA) is 135 Å². The van der Waals surface area contributed by atoms with E-state index in [2.05, 4.69) is 4.99 Å². The Labute approximate surface area is 237 Å². The SMILES string of the molecule is CCOC(=O)C1=C(C)N=c2s/c(=C\c3ccc(-c4ccc([N+](=O)[O-])cc4)o3)c(=O)n2[C@@H]1c1ccc(OC)cc1OC. The summed E-state index contributed by atoms with van der Waals surface area (Å²) in [5, 5.41) is 11.0. The van der Waals surface area contributed by atoms with Gasteiger partial charge in [-0.2, -0.15) is 0 Å². The lowest BCUT2D eigenvalue weighted by atomic mass is 9.95. The molecule has 11 nitrogen and oxygen atoms in total. The van der Waals surface area contributed by atoms with E-state index < -0.39 is 16.9 Å². The number of methoxy groups -OCH3 is 2. The molecule has 3 heterocycles. The third kappa shape index (κ3) is 5.16. The lowest BCUT2D eigenvalue weighted by Crippen LogP contribution is -2.40. The molecule has 1 aliphatic rings. The number of thiazole rings is 1. The van der Waals surface area contributed by atoms with Crippen molar-refractivity contribution in [3.05, 3.63) is 107 Å². The molecule has 0 radical (unpaired) electrons. The minimum Gasteiger partial charge on any atom is -0.497 e. The van der Waals surface area contributed by atoms with Crippen LogP contribution >= 0.6 is 11.3 Å². The molecular formula is C29H25N3O8S. The van der Waals surface area contributed by atoms with Gasteiger partial charge >= 0.3 is 5.97 Å². The lowest BCUT2D eigenvalue weighted by molar-refractivity contribution is -0.384. The van der Waals surface area contributed by atoms with Crippen molar-refractivity contribution in [1.82, 2.24) is 4.57 Å². The molecule has 0 unspecified atom stereocenters. The van der Waals surface area contributed by atoms with Crippen LogP contribution in [0.2, 0.25) is 0 Å². The predicted octanol–water partition coefficient (Wildman–Crippen LogP) is 3.98. The monoisotopic (exact) mass is 575 g/mol. The van der Waals surface area contributed by atoms with Crippen molar-refractivity contribution in [3.8, 4) is 22.8 Å². The number of hydrogen-bond donors (Lipinski definition) is 0. The fourth-order valence-corrected chi connectivity index (χ4v) is 5.62. The number of furan rings is 1. The number of carbonyl (C=O) groups is 1. The van der Waals surface area contributed by atoms with Crippen LogP contribution in [0.3, 0.4) is 0 Å².